The molecule has 0 spiro atoms. The lowest BCUT2D eigenvalue weighted by Crippen LogP contribution is -2.36. The van der Waals surface area contributed by atoms with E-state index in [1.165, 1.54) is 18.2 Å². The number of ketones is 2. The number of allylic oxidation sites excluding steroid dienone is 2. The van der Waals surface area contributed by atoms with E-state index in [1.807, 2.05) is 0 Å². The number of rotatable bonds is 1. The van der Waals surface area contributed by atoms with E-state index in [2.05, 4.69) is 0 Å². The zero-order valence-electron chi connectivity index (χ0n) is 9.87. The van der Waals surface area contributed by atoms with Gasteiger partial charge in [-0.1, -0.05) is 42.5 Å². The predicted molar refractivity (Wildman–Crippen MR) is 66.9 cm³/mol. The van der Waals surface area contributed by atoms with Crippen LogP contribution in [-0.4, -0.2) is 22.6 Å². The van der Waals surface area contributed by atoms with Crippen LogP contribution in [0.5, 0.6) is 0 Å². The summed E-state index contributed by atoms with van der Waals surface area (Å²) in [6.07, 6.45) is 4.29. The first-order valence-corrected chi connectivity index (χ1v) is 5.90. The van der Waals surface area contributed by atoms with Crippen LogP contribution in [0.3, 0.4) is 0 Å². The van der Waals surface area contributed by atoms with Crippen LogP contribution in [0.2, 0.25) is 0 Å². The monoisotopic (exact) mass is 254 g/mol. The van der Waals surface area contributed by atoms with E-state index in [-0.39, 0.29) is 17.1 Å². The third-order valence-corrected chi connectivity index (χ3v) is 3.54. The van der Waals surface area contributed by atoms with Gasteiger partial charge in [-0.15, -0.1) is 0 Å². The first-order valence-electron chi connectivity index (χ1n) is 5.90. The Bertz CT molecular complexity index is 666. The van der Waals surface area contributed by atoms with Crippen molar-refractivity contribution >= 4 is 17.5 Å². The van der Waals surface area contributed by atoms with E-state index in [0.29, 0.717) is 11.1 Å². The Hall–Kier alpha value is -2.49. The van der Waals surface area contributed by atoms with Crippen molar-refractivity contribution in [3.05, 3.63) is 59.2 Å². The molecule has 3 rings (SSSR count). The van der Waals surface area contributed by atoms with Gasteiger partial charge in [0.1, 0.15) is 0 Å². The average Bonchev–Trinajstić information content (AvgIpc) is 2.44. The van der Waals surface area contributed by atoms with Crippen molar-refractivity contribution in [2.75, 3.05) is 0 Å². The summed E-state index contributed by atoms with van der Waals surface area (Å²) in [4.78, 5) is 35.6. The molecule has 2 unspecified atom stereocenters. The maximum atomic E-state index is 12.3. The average molecular weight is 254 g/mol. The highest BCUT2D eigenvalue weighted by molar-refractivity contribution is 6.17. The SMILES string of the molecule is O=C(O)C1=CC2C(=O)c3ccccc3C(=O)C2C=C1. The van der Waals surface area contributed by atoms with E-state index < -0.39 is 17.8 Å². The van der Waals surface area contributed by atoms with E-state index in [4.69, 9.17) is 5.11 Å². The molecule has 2 aliphatic carbocycles. The molecule has 19 heavy (non-hydrogen) atoms. The molecule has 0 saturated heterocycles. The van der Waals surface area contributed by atoms with Crippen LogP contribution in [0, 0.1) is 11.8 Å². The van der Waals surface area contributed by atoms with Crippen molar-refractivity contribution in [3.8, 4) is 0 Å². The predicted octanol–water partition coefficient (Wildman–Crippen LogP) is 1.88. The normalized spacial score (nSPS) is 24.5. The Morgan fingerprint density at radius 2 is 1.58 bits per heavy atom. The molecule has 4 nitrogen and oxygen atoms in total. The molecular formula is C15H10O4. The van der Waals surface area contributed by atoms with Crippen molar-refractivity contribution in [1.29, 1.82) is 0 Å². The number of carboxylic acids is 1. The van der Waals surface area contributed by atoms with Crippen molar-refractivity contribution < 1.29 is 19.5 Å². The maximum Gasteiger partial charge on any atom is 0.335 e. The Morgan fingerprint density at radius 1 is 1.00 bits per heavy atom. The summed E-state index contributed by atoms with van der Waals surface area (Å²) in [6, 6.07) is 6.66. The molecule has 2 atom stereocenters. The maximum absolute atomic E-state index is 12.3. The van der Waals surface area contributed by atoms with Gasteiger partial charge in [-0.05, 0) is 0 Å². The number of aliphatic carboxylic acids is 1. The molecule has 0 heterocycles. The molecule has 1 aromatic rings. The number of fused-ring (bicyclic) bond motifs is 2. The van der Waals surface area contributed by atoms with Gasteiger partial charge in [-0.25, -0.2) is 4.79 Å². The van der Waals surface area contributed by atoms with Gasteiger partial charge < -0.3 is 5.11 Å². The van der Waals surface area contributed by atoms with Crippen LogP contribution >= 0.6 is 0 Å². The molecule has 0 radical (unpaired) electrons. The minimum Gasteiger partial charge on any atom is -0.478 e. The van der Waals surface area contributed by atoms with Crippen molar-refractivity contribution in [2.24, 2.45) is 11.8 Å². The summed E-state index contributed by atoms with van der Waals surface area (Å²) >= 11 is 0. The highest BCUT2D eigenvalue weighted by Gasteiger charge is 2.40. The molecule has 2 aliphatic rings. The van der Waals surface area contributed by atoms with E-state index >= 15 is 0 Å². The molecule has 0 fully saturated rings. The van der Waals surface area contributed by atoms with Crippen LogP contribution in [0.15, 0.2) is 48.1 Å². The molecule has 0 amide bonds. The van der Waals surface area contributed by atoms with E-state index in [1.54, 1.807) is 24.3 Å². The lowest BCUT2D eigenvalue weighted by Gasteiger charge is -2.29. The third-order valence-electron chi connectivity index (χ3n) is 3.54. The van der Waals surface area contributed by atoms with Gasteiger partial charge in [-0.2, -0.15) is 0 Å². The lowest BCUT2D eigenvalue weighted by atomic mass is 9.71. The summed E-state index contributed by atoms with van der Waals surface area (Å²) in [5.41, 5.74) is 0.859. The first-order chi connectivity index (χ1) is 9.09. The number of benzene rings is 1. The molecular weight excluding hydrogens is 244 g/mol. The van der Waals surface area contributed by atoms with Gasteiger partial charge in [0.2, 0.25) is 0 Å². The topological polar surface area (TPSA) is 71.4 Å². The fraction of sp³-hybridized carbons (Fsp3) is 0.133. The second kappa shape index (κ2) is 4.02. The summed E-state index contributed by atoms with van der Waals surface area (Å²) in [5, 5.41) is 8.96. The lowest BCUT2D eigenvalue weighted by molar-refractivity contribution is -0.132. The number of carboxylic acid groups (broad SMARTS) is 1. The summed E-state index contributed by atoms with van der Waals surface area (Å²) in [6.45, 7) is 0. The Labute approximate surface area is 109 Å². The van der Waals surface area contributed by atoms with Gasteiger partial charge in [0, 0.05) is 11.1 Å². The van der Waals surface area contributed by atoms with Gasteiger partial charge in [-0.3, -0.25) is 9.59 Å². The summed E-state index contributed by atoms with van der Waals surface area (Å²) in [7, 11) is 0. The van der Waals surface area contributed by atoms with Crippen LogP contribution in [-0.2, 0) is 4.79 Å². The van der Waals surface area contributed by atoms with Gasteiger partial charge in [0.05, 0.1) is 17.4 Å². The molecule has 94 valence electrons. The fourth-order valence-corrected chi connectivity index (χ4v) is 2.58. The van der Waals surface area contributed by atoms with Gasteiger partial charge >= 0.3 is 5.97 Å². The van der Waals surface area contributed by atoms with Crippen LogP contribution < -0.4 is 0 Å². The zero-order chi connectivity index (χ0) is 13.6. The quantitative estimate of drug-likeness (QED) is 0.830. The number of hydrogen-bond acceptors (Lipinski definition) is 3. The number of carbonyl (C=O) groups is 3. The van der Waals surface area contributed by atoms with Crippen molar-refractivity contribution in [2.45, 2.75) is 0 Å². The molecule has 0 bridgehead atoms. The molecule has 4 heteroatoms. The highest BCUT2D eigenvalue weighted by Crippen LogP contribution is 2.35. The molecule has 0 aliphatic heterocycles. The second-order valence-electron chi connectivity index (χ2n) is 4.61. The Kier molecular flexibility index (Phi) is 2.45. The molecule has 1 N–H and O–H groups in total. The van der Waals surface area contributed by atoms with E-state index in [0.717, 1.165) is 0 Å². The van der Waals surface area contributed by atoms with Crippen molar-refractivity contribution in [1.82, 2.24) is 0 Å². The number of hydrogen-bond donors (Lipinski definition) is 1. The van der Waals surface area contributed by atoms with Crippen LogP contribution in [0.1, 0.15) is 20.7 Å². The largest absolute Gasteiger partial charge is 0.478 e. The van der Waals surface area contributed by atoms with Crippen LogP contribution in [0.4, 0.5) is 0 Å². The fourth-order valence-electron chi connectivity index (χ4n) is 2.58. The number of Topliss-reactive ketones (excluding diaryl/α,β-unsaturated/α-hetero) is 2. The van der Waals surface area contributed by atoms with E-state index in [9.17, 15) is 14.4 Å². The third kappa shape index (κ3) is 1.64. The first kappa shape index (κ1) is 11.6. The standard InChI is InChI=1S/C15H10O4/c16-13-9-3-1-2-4-10(9)14(17)12-7-8(15(18)19)5-6-11(12)13/h1-7,11-12H,(H,18,19). The Morgan fingerprint density at radius 3 is 2.16 bits per heavy atom. The highest BCUT2D eigenvalue weighted by atomic mass is 16.4. The van der Waals surface area contributed by atoms with Crippen molar-refractivity contribution in [3.63, 3.8) is 0 Å². The second-order valence-corrected chi connectivity index (χ2v) is 4.61. The van der Waals surface area contributed by atoms with Gasteiger partial charge in [0.15, 0.2) is 11.6 Å². The smallest absolute Gasteiger partial charge is 0.335 e. The van der Waals surface area contributed by atoms with Gasteiger partial charge in [0.25, 0.3) is 0 Å². The minimum atomic E-state index is -1.09. The Balaban J connectivity index is 2.13. The molecule has 0 aromatic heterocycles. The summed E-state index contributed by atoms with van der Waals surface area (Å²) in [5.74, 6) is -2.68. The van der Waals surface area contributed by atoms with Crippen LogP contribution in [0.25, 0.3) is 0 Å². The zero-order valence-corrected chi connectivity index (χ0v) is 9.87. The molecule has 0 saturated carbocycles. The molecule has 1 aromatic carbocycles. The summed E-state index contributed by atoms with van der Waals surface area (Å²) < 4.78 is 0. The number of carbonyl (C=O) groups excluding carboxylic acids is 2. The minimum absolute atomic E-state index is 0.0572.